The van der Waals surface area contributed by atoms with Crippen LogP contribution < -0.4 is 5.32 Å². The van der Waals surface area contributed by atoms with Crippen LogP contribution in [-0.2, 0) is 11.2 Å². The molecule has 0 aromatic heterocycles. The second kappa shape index (κ2) is 11.2. The van der Waals surface area contributed by atoms with Crippen LogP contribution in [0.4, 0.5) is 13.2 Å². The van der Waals surface area contributed by atoms with Gasteiger partial charge in [0.05, 0.1) is 5.92 Å². The van der Waals surface area contributed by atoms with E-state index in [4.69, 9.17) is 0 Å². The van der Waals surface area contributed by atoms with Crippen LogP contribution in [-0.4, -0.2) is 54.2 Å². The van der Waals surface area contributed by atoms with Crippen molar-refractivity contribution in [1.29, 1.82) is 0 Å². The summed E-state index contributed by atoms with van der Waals surface area (Å²) < 4.78 is 41.3. The number of carbonyl (C=O) groups excluding carboxylic acids is 2. The van der Waals surface area contributed by atoms with E-state index in [-0.39, 0.29) is 24.9 Å². The Hall–Kier alpha value is -3.65. The summed E-state index contributed by atoms with van der Waals surface area (Å²) in [4.78, 5) is 26.5. The molecule has 2 aliphatic rings. The topological polar surface area (TPSA) is 52.7 Å². The van der Waals surface area contributed by atoms with E-state index >= 15 is 0 Å². The number of hydrogen-bond donors (Lipinski definition) is 1. The van der Waals surface area contributed by atoms with Crippen LogP contribution in [0.25, 0.3) is 11.1 Å². The molecule has 1 N–H and O–H groups in total. The quantitative estimate of drug-likeness (QED) is 0.376. The maximum Gasteiger partial charge on any atom is 0.407 e. The summed E-state index contributed by atoms with van der Waals surface area (Å²) in [5, 5.41) is 5.22. The van der Waals surface area contributed by atoms with Crippen molar-refractivity contribution in [1.82, 2.24) is 15.3 Å². The summed E-state index contributed by atoms with van der Waals surface area (Å²) in [5.74, 6) is -1.63. The summed E-state index contributed by atoms with van der Waals surface area (Å²) in [7, 11) is 0. The molecule has 1 aliphatic heterocycles. The molecule has 1 atom stereocenters. The van der Waals surface area contributed by atoms with Gasteiger partial charge in [0.15, 0.2) is 0 Å². The highest BCUT2D eigenvalue weighted by atomic mass is 19.4. The number of aryl methyl sites for hydroxylation is 1. The molecular weight excluding hydrogens is 503 g/mol. The summed E-state index contributed by atoms with van der Waals surface area (Å²) in [6.07, 6.45) is -1.87. The molecule has 39 heavy (non-hydrogen) atoms. The molecule has 1 unspecified atom stereocenters. The Morgan fingerprint density at radius 1 is 0.949 bits per heavy atom. The molecular formula is C31H32F3N3O2. The zero-order valence-corrected chi connectivity index (χ0v) is 21.9. The molecule has 1 saturated heterocycles. The van der Waals surface area contributed by atoms with E-state index in [1.807, 2.05) is 48.5 Å². The minimum atomic E-state index is -4.55. The number of carbonyl (C=O) groups is 2. The number of hydrogen-bond acceptors (Lipinski definition) is 3. The zero-order valence-electron chi connectivity index (χ0n) is 21.9. The summed E-state index contributed by atoms with van der Waals surface area (Å²) in [6, 6.07) is 22.2. The molecule has 5 rings (SSSR count). The van der Waals surface area contributed by atoms with E-state index in [2.05, 4.69) is 12.2 Å². The molecule has 1 aliphatic carbocycles. The molecule has 0 radical (unpaired) electrons. The van der Waals surface area contributed by atoms with E-state index in [0.717, 1.165) is 52.1 Å². The summed E-state index contributed by atoms with van der Waals surface area (Å²) in [5.41, 5.74) is 4.95. The predicted octanol–water partition coefficient (Wildman–Crippen LogP) is 5.81. The first kappa shape index (κ1) is 26.9. The number of halogens is 3. The van der Waals surface area contributed by atoms with Crippen molar-refractivity contribution in [3.8, 4) is 11.1 Å². The zero-order chi connectivity index (χ0) is 27.6. The lowest BCUT2D eigenvalue weighted by molar-refractivity contribution is -0.207. The van der Waals surface area contributed by atoms with Gasteiger partial charge in [0, 0.05) is 31.1 Å². The number of unbranched alkanes of at least 4 members (excludes halogenated alkanes) is 1. The maximum atomic E-state index is 14.1. The lowest BCUT2D eigenvalue weighted by Gasteiger charge is -2.47. The lowest BCUT2D eigenvalue weighted by atomic mass is 9.89. The van der Waals surface area contributed by atoms with E-state index in [0.29, 0.717) is 12.1 Å². The third-order valence-electron chi connectivity index (χ3n) is 7.54. The third-order valence-corrected chi connectivity index (χ3v) is 7.54. The largest absolute Gasteiger partial charge is 0.407 e. The molecule has 3 aromatic carbocycles. The fourth-order valence-corrected chi connectivity index (χ4v) is 5.61. The minimum Gasteiger partial charge on any atom is -0.352 e. The van der Waals surface area contributed by atoms with Crippen molar-refractivity contribution in [2.45, 2.75) is 38.3 Å². The van der Waals surface area contributed by atoms with E-state index in [1.165, 1.54) is 5.01 Å². The molecule has 8 heteroatoms. The van der Waals surface area contributed by atoms with Gasteiger partial charge < -0.3 is 5.32 Å². The fourth-order valence-electron chi connectivity index (χ4n) is 5.61. The Kier molecular flexibility index (Phi) is 7.75. The van der Waals surface area contributed by atoms with Crippen molar-refractivity contribution in [3.63, 3.8) is 0 Å². The Bertz CT molecular complexity index is 1340. The number of benzene rings is 3. The van der Waals surface area contributed by atoms with Gasteiger partial charge in [-0.2, -0.15) is 13.2 Å². The molecule has 5 nitrogen and oxygen atoms in total. The van der Waals surface area contributed by atoms with Crippen molar-refractivity contribution in [2.24, 2.45) is 5.92 Å². The predicted molar refractivity (Wildman–Crippen MR) is 144 cm³/mol. The van der Waals surface area contributed by atoms with Crippen LogP contribution in [0.1, 0.15) is 52.7 Å². The SMILES string of the molecule is CCCCc1cccc2c1C(C(=O)N(CC(F)(F)F)N1CC(CNC(=O)c3ccccc3)C1)c1ccccc1-2. The van der Waals surface area contributed by atoms with Gasteiger partial charge in [-0.05, 0) is 52.8 Å². The molecule has 1 fully saturated rings. The van der Waals surface area contributed by atoms with Crippen LogP contribution in [0.3, 0.4) is 0 Å². The van der Waals surface area contributed by atoms with E-state index < -0.39 is 24.5 Å². The number of amides is 2. The van der Waals surface area contributed by atoms with Crippen LogP contribution in [0.5, 0.6) is 0 Å². The summed E-state index contributed by atoms with van der Waals surface area (Å²) in [6.45, 7) is 1.59. The summed E-state index contributed by atoms with van der Waals surface area (Å²) >= 11 is 0. The minimum absolute atomic E-state index is 0.0514. The second-order valence-corrected chi connectivity index (χ2v) is 10.3. The molecule has 0 bridgehead atoms. The lowest BCUT2D eigenvalue weighted by Crippen LogP contribution is -2.62. The molecule has 0 saturated carbocycles. The average Bonchev–Trinajstić information content (AvgIpc) is 3.24. The highest BCUT2D eigenvalue weighted by Crippen LogP contribution is 2.48. The number of fused-ring (bicyclic) bond motifs is 3. The average molecular weight is 536 g/mol. The first-order valence-electron chi connectivity index (χ1n) is 13.4. The maximum absolute atomic E-state index is 14.1. The van der Waals surface area contributed by atoms with E-state index in [1.54, 1.807) is 24.3 Å². The van der Waals surface area contributed by atoms with Crippen LogP contribution in [0.15, 0.2) is 72.8 Å². The monoisotopic (exact) mass is 535 g/mol. The smallest absolute Gasteiger partial charge is 0.352 e. The van der Waals surface area contributed by atoms with Gasteiger partial charge in [-0.3, -0.25) is 14.6 Å². The standard InChI is InChI=1S/C31H32F3N3O2/c1-2-3-10-22-13-9-16-25-24-14-7-8-15-26(24)28(27(22)25)30(39)37(20-31(32,33)34)36-18-21(19-36)17-35-29(38)23-11-5-4-6-12-23/h4-9,11-16,21,28H,2-3,10,17-20H2,1H3,(H,35,38). The second-order valence-electron chi connectivity index (χ2n) is 10.3. The Labute approximate surface area is 226 Å². The van der Waals surface area contributed by atoms with Crippen molar-refractivity contribution in [2.75, 3.05) is 26.2 Å². The first-order valence-corrected chi connectivity index (χ1v) is 13.4. The molecule has 204 valence electrons. The number of nitrogens with zero attached hydrogens (tertiary/aromatic N) is 2. The normalized spacial score (nSPS) is 16.8. The van der Waals surface area contributed by atoms with Gasteiger partial charge in [0.2, 0.25) is 5.91 Å². The number of nitrogens with one attached hydrogen (secondary N) is 1. The Balaban J connectivity index is 1.37. The van der Waals surface area contributed by atoms with Gasteiger partial charge in [-0.15, -0.1) is 0 Å². The highest BCUT2D eigenvalue weighted by Gasteiger charge is 2.45. The van der Waals surface area contributed by atoms with Crippen molar-refractivity contribution >= 4 is 11.8 Å². The first-order chi connectivity index (χ1) is 18.8. The molecule has 1 heterocycles. The van der Waals surface area contributed by atoms with Gasteiger partial charge in [-0.1, -0.05) is 74.0 Å². The van der Waals surface area contributed by atoms with Gasteiger partial charge in [-0.25, -0.2) is 5.01 Å². The number of hydrazine groups is 1. The fraction of sp³-hybridized carbons (Fsp3) is 0.355. The Morgan fingerprint density at radius 3 is 2.36 bits per heavy atom. The third kappa shape index (κ3) is 5.71. The van der Waals surface area contributed by atoms with E-state index in [9.17, 15) is 22.8 Å². The molecule has 3 aromatic rings. The molecule has 2 amide bonds. The van der Waals surface area contributed by atoms with Crippen molar-refractivity contribution < 1.29 is 22.8 Å². The Morgan fingerprint density at radius 2 is 1.64 bits per heavy atom. The number of rotatable bonds is 9. The van der Waals surface area contributed by atoms with Crippen LogP contribution in [0.2, 0.25) is 0 Å². The van der Waals surface area contributed by atoms with Gasteiger partial charge in [0.25, 0.3) is 5.91 Å². The highest BCUT2D eigenvalue weighted by molar-refractivity contribution is 5.97. The van der Waals surface area contributed by atoms with Gasteiger partial charge >= 0.3 is 6.18 Å². The molecule has 0 spiro atoms. The van der Waals surface area contributed by atoms with Crippen LogP contribution >= 0.6 is 0 Å². The number of alkyl halides is 3. The van der Waals surface area contributed by atoms with Crippen LogP contribution in [0, 0.1) is 5.92 Å². The van der Waals surface area contributed by atoms with Gasteiger partial charge in [0.1, 0.15) is 6.54 Å². The van der Waals surface area contributed by atoms with Crippen molar-refractivity contribution in [3.05, 3.63) is 95.1 Å².